The van der Waals surface area contributed by atoms with Crippen LogP contribution in [-0.4, -0.2) is 5.49 Å². The van der Waals surface area contributed by atoms with Gasteiger partial charge in [-0.2, -0.15) is 0 Å². The zero-order valence-corrected chi connectivity index (χ0v) is 7.60. The quantitative estimate of drug-likeness (QED) is 0.552. The van der Waals surface area contributed by atoms with E-state index >= 15 is 0 Å². The first-order chi connectivity index (χ1) is 4.84. The van der Waals surface area contributed by atoms with Crippen LogP contribution in [0.1, 0.15) is 0 Å². The van der Waals surface area contributed by atoms with Crippen LogP contribution in [0.5, 0.6) is 0 Å². The molecule has 1 aromatic carbocycles. The summed E-state index contributed by atoms with van der Waals surface area (Å²) in [4.78, 5) is 0. The van der Waals surface area contributed by atoms with E-state index in [-0.39, 0.29) is 0 Å². The van der Waals surface area contributed by atoms with Gasteiger partial charge < -0.3 is 0 Å². The van der Waals surface area contributed by atoms with Crippen LogP contribution in [0.3, 0.4) is 0 Å². The average molecular weight is 216 g/mol. The summed E-state index contributed by atoms with van der Waals surface area (Å²) in [7, 11) is 0. The molecule has 0 unspecified atom stereocenters. The Hall–Kier alpha value is -0.410. The standard InChI is InChI=1S/C7H6BrNS/c8-9(6-10)7-4-2-1-3-5-7/h1-6H. The monoisotopic (exact) mass is 215 g/mol. The number of hydrogen-bond acceptors (Lipinski definition) is 1. The van der Waals surface area contributed by atoms with Gasteiger partial charge >= 0.3 is 0 Å². The molecule has 0 heterocycles. The Labute approximate surface area is 74.0 Å². The van der Waals surface area contributed by atoms with Crippen molar-refractivity contribution in [3.63, 3.8) is 0 Å². The van der Waals surface area contributed by atoms with Crippen molar-refractivity contribution in [1.82, 2.24) is 0 Å². The Balaban J connectivity index is 2.84. The van der Waals surface area contributed by atoms with Gasteiger partial charge in [-0.05, 0) is 12.1 Å². The Morgan fingerprint density at radius 3 is 2.40 bits per heavy atom. The SMILES string of the molecule is S=CN(Br)c1ccccc1. The second-order valence-corrected chi connectivity index (χ2v) is 2.73. The molecule has 0 saturated carbocycles. The lowest BCUT2D eigenvalue weighted by atomic mass is 10.3. The summed E-state index contributed by atoms with van der Waals surface area (Å²) < 4.78 is 1.71. The third kappa shape index (κ3) is 1.78. The predicted octanol–water partition coefficient (Wildman–Crippen LogP) is 2.76. The fourth-order valence-corrected chi connectivity index (χ4v) is 0.989. The van der Waals surface area contributed by atoms with Crippen molar-refractivity contribution in [1.29, 1.82) is 0 Å². The highest BCUT2D eigenvalue weighted by Crippen LogP contribution is 2.14. The van der Waals surface area contributed by atoms with Gasteiger partial charge in [0.1, 0.15) is 0 Å². The first-order valence-electron chi connectivity index (χ1n) is 2.80. The highest BCUT2D eigenvalue weighted by atomic mass is 79.9. The molecule has 0 atom stereocenters. The molecule has 0 aliphatic carbocycles. The van der Waals surface area contributed by atoms with Crippen LogP contribution in [-0.2, 0) is 0 Å². The van der Waals surface area contributed by atoms with Crippen LogP contribution in [0.15, 0.2) is 30.3 Å². The lowest BCUT2D eigenvalue weighted by molar-refractivity contribution is 1.59. The van der Waals surface area contributed by atoms with E-state index in [2.05, 4.69) is 16.1 Å². The molecule has 0 amide bonds. The maximum absolute atomic E-state index is 4.71. The number of para-hydroxylation sites is 1. The second kappa shape index (κ2) is 3.68. The van der Waals surface area contributed by atoms with Gasteiger partial charge in [-0.3, -0.25) is 3.93 Å². The highest BCUT2D eigenvalue weighted by Gasteiger charge is 1.93. The first kappa shape index (κ1) is 7.69. The van der Waals surface area contributed by atoms with Crippen LogP contribution in [0.4, 0.5) is 5.69 Å². The molecule has 0 radical (unpaired) electrons. The van der Waals surface area contributed by atoms with Crippen molar-refractivity contribution in [2.75, 3.05) is 3.93 Å². The predicted molar refractivity (Wildman–Crippen MR) is 51.5 cm³/mol. The van der Waals surface area contributed by atoms with Gasteiger partial charge in [0, 0.05) is 0 Å². The summed E-state index contributed by atoms with van der Waals surface area (Å²) in [5.41, 5.74) is 2.58. The molecule has 0 aliphatic heterocycles. The van der Waals surface area contributed by atoms with E-state index in [1.807, 2.05) is 30.3 Å². The largest absolute Gasteiger partial charge is 0.274 e. The van der Waals surface area contributed by atoms with E-state index in [1.54, 1.807) is 3.93 Å². The summed E-state index contributed by atoms with van der Waals surface area (Å²) in [5, 5.41) is 0. The van der Waals surface area contributed by atoms with Gasteiger partial charge in [0.05, 0.1) is 27.3 Å². The van der Waals surface area contributed by atoms with Gasteiger partial charge in [0.15, 0.2) is 0 Å². The molecule has 0 aliphatic rings. The molecule has 0 N–H and O–H groups in total. The van der Waals surface area contributed by atoms with Crippen molar-refractivity contribution < 1.29 is 0 Å². The number of halogens is 1. The van der Waals surface area contributed by atoms with Gasteiger partial charge in [0.2, 0.25) is 0 Å². The fourth-order valence-electron chi connectivity index (χ4n) is 0.631. The summed E-state index contributed by atoms with van der Waals surface area (Å²) in [6.45, 7) is 0. The third-order valence-corrected chi connectivity index (χ3v) is 2.19. The summed E-state index contributed by atoms with van der Waals surface area (Å²) in [5.74, 6) is 0. The average Bonchev–Trinajstić information content (AvgIpc) is 2.05. The molecule has 0 aromatic heterocycles. The van der Waals surface area contributed by atoms with Crippen molar-refractivity contribution >= 4 is 39.5 Å². The van der Waals surface area contributed by atoms with E-state index in [0.717, 1.165) is 5.69 Å². The molecule has 1 nitrogen and oxygen atoms in total. The molecule has 0 spiro atoms. The smallest absolute Gasteiger partial charge is 0.0794 e. The molecule has 1 aromatic rings. The number of nitrogens with zero attached hydrogens (tertiary/aromatic N) is 1. The number of thiocarbonyl (C=S) groups is 1. The molecule has 52 valence electrons. The molecule has 1 rings (SSSR count). The number of rotatable bonds is 2. The Kier molecular flexibility index (Phi) is 2.83. The van der Waals surface area contributed by atoms with Gasteiger partial charge in [0.25, 0.3) is 0 Å². The normalized spacial score (nSPS) is 8.90. The number of benzene rings is 1. The third-order valence-electron chi connectivity index (χ3n) is 1.10. The summed E-state index contributed by atoms with van der Waals surface area (Å²) in [6.07, 6.45) is 0. The molecule has 0 saturated heterocycles. The van der Waals surface area contributed by atoms with Crippen LogP contribution in [0.25, 0.3) is 0 Å². The zero-order valence-electron chi connectivity index (χ0n) is 5.20. The van der Waals surface area contributed by atoms with Gasteiger partial charge in [-0.15, -0.1) is 0 Å². The topological polar surface area (TPSA) is 3.24 Å². The summed E-state index contributed by atoms with van der Waals surface area (Å²) in [6, 6.07) is 9.83. The minimum absolute atomic E-state index is 1.04. The van der Waals surface area contributed by atoms with Gasteiger partial charge in [-0.25, -0.2) is 0 Å². The summed E-state index contributed by atoms with van der Waals surface area (Å²) >= 11 is 7.97. The first-order valence-corrected chi connectivity index (χ1v) is 3.98. The van der Waals surface area contributed by atoms with Crippen molar-refractivity contribution in [3.05, 3.63) is 30.3 Å². The fraction of sp³-hybridized carbons (Fsp3) is 0. The minimum atomic E-state index is 1.04. The number of hydrogen-bond donors (Lipinski definition) is 0. The lowest BCUT2D eigenvalue weighted by Gasteiger charge is -2.07. The molecule has 3 heteroatoms. The Morgan fingerprint density at radius 2 is 1.90 bits per heavy atom. The molecule has 0 bridgehead atoms. The van der Waals surface area contributed by atoms with Crippen LogP contribution in [0, 0.1) is 0 Å². The van der Waals surface area contributed by atoms with Crippen molar-refractivity contribution in [2.45, 2.75) is 0 Å². The van der Waals surface area contributed by atoms with Gasteiger partial charge in [-0.1, -0.05) is 30.4 Å². The lowest BCUT2D eigenvalue weighted by Crippen LogP contribution is -2.02. The maximum Gasteiger partial charge on any atom is 0.0794 e. The maximum atomic E-state index is 4.71. The van der Waals surface area contributed by atoms with Crippen LogP contribution in [0.2, 0.25) is 0 Å². The molecule has 0 fully saturated rings. The van der Waals surface area contributed by atoms with Crippen LogP contribution < -0.4 is 3.93 Å². The minimum Gasteiger partial charge on any atom is -0.274 e. The van der Waals surface area contributed by atoms with Crippen LogP contribution >= 0.6 is 28.4 Å². The van der Waals surface area contributed by atoms with E-state index in [4.69, 9.17) is 12.2 Å². The van der Waals surface area contributed by atoms with E-state index < -0.39 is 0 Å². The Bertz CT molecular complexity index is 212. The molecule has 10 heavy (non-hydrogen) atoms. The zero-order chi connectivity index (χ0) is 7.40. The number of anilines is 1. The van der Waals surface area contributed by atoms with Crippen molar-refractivity contribution in [2.24, 2.45) is 0 Å². The van der Waals surface area contributed by atoms with E-state index in [9.17, 15) is 0 Å². The Morgan fingerprint density at radius 1 is 1.30 bits per heavy atom. The molecular formula is C7H6BrNS. The van der Waals surface area contributed by atoms with E-state index in [1.165, 1.54) is 5.49 Å². The van der Waals surface area contributed by atoms with E-state index in [0.29, 0.717) is 0 Å². The second-order valence-electron chi connectivity index (χ2n) is 1.75. The highest BCUT2D eigenvalue weighted by molar-refractivity contribution is 9.10. The van der Waals surface area contributed by atoms with Crippen molar-refractivity contribution in [3.8, 4) is 0 Å². The molecular weight excluding hydrogens is 210 g/mol.